The first-order valence-corrected chi connectivity index (χ1v) is 10.6. The maximum absolute atomic E-state index is 11.4. The van der Waals surface area contributed by atoms with Crippen molar-refractivity contribution in [2.24, 2.45) is 0 Å². The van der Waals surface area contributed by atoms with E-state index in [4.69, 9.17) is 28.3 Å². The van der Waals surface area contributed by atoms with Crippen molar-refractivity contribution in [3.63, 3.8) is 0 Å². The molecule has 4 N–H and O–H groups in total. The van der Waals surface area contributed by atoms with Crippen LogP contribution in [0.4, 0.5) is 0 Å². The summed E-state index contributed by atoms with van der Waals surface area (Å²) < 4.78 is 30.0. The van der Waals surface area contributed by atoms with E-state index >= 15 is 0 Å². The summed E-state index contributed by atoms with van der Waals surface area (Å²) >= 11 is 0. The molecule has 0 heterocycles. The zero-order valence-electron chi connectivity index (χ0n) is 13.4. The van der Waals surface area contributed by atoms with E-state index in [2.05, 4.69) is 13.8 Å². The Bertz CT molecular complexity index is 305. The van der Waals surface area contributed by atoms with Crippen LogP contribution in [0, 0.1) is 0 Å². The van der Waals surface area contributed by atoms with Crippen molar-refractivity contribution < 1.29 is 37.8 Å². The molecule has 0 saturated heterocycles. The number of phosphoric ester groups is 1. The largest absolute Gasteiger partial charge is 0.472 e. The molecule has 136 valence electrons. The van der Waals surface area contributed by atoms with E-state index in [1.54, 1.807) is 0 Å². The fourth-order valence-electron chi connectivity index (χ4n) is 1.45. The van der Waals surface area contributed by atoms with Crippen molar-refractivity contribution in [3.8, 4) is 0 Å². The summed E-state index contributed by atoms with van der Waals surface area (Å²) in [6, 6.07) is 0. The van der Waals surface area contributed by atoms with Crippen LogP contribution in [0.15, 0.2) is 0 Å². The van der Waals surface area contributed by atoms with E-state index in [-0.39, 0.29) is 0 Å². The molecule has 0 amide bonds. The van der Waals surface area contributed by atoms with E-state index in [9.17, 15) is 9.46 Å². The molecule has 10 heteroatoms. The monoisotopic (exact) mass is 364 g/mol. The second-order valence-corrected chi connectivity index (χ2v) is 7.25. The van der Waals surface area contributed by atoms with Crippen molar-refractivity contribution in [1.82, 2.24) is 0 Å². The number of hydrogen-bond donors (Lipinski definition) is 4. The Morgan fingerprint density at radius 2 is 1.00 bits per heavy atom. The number of unbranched alkanes of at least 4 members (excludes halogenated alkanes) is 6. The Morgan fingerprint density at radius 1 is 0.682 bits per heavy atom. The van der Waals surface area contributed by atoms with E-state index in [1.165, 1.54) is 0 Å². The second-order valence-electron chi connectivity index (χ2n) is 4.77. The predicted molar refractivity (Wildman–Crippen MR) is 84.3 cm³/mol. The van der Waals surface area contributed by atoms with Crippen molar-refractivity contribution in [1.29, 1.82) is 0 Å². The van der Waals surface area contributed by atoms with Gasteiger partial charge in [0.2, 0.25) is 0 Å². The van der Waals surface area contributed by atoms with Gasteiger partial charge in [-0.1, -0.05) is 52.4 Å². The number of rotatable bonds is 12. The molecule has 0 saturated carbocycles. The van der Waals surface area contributed by atoms with E-state index < -0.39 is 15.6 Å². The Kier molecular flexibility index (Phi) is 16.5. The summed E-state index contributed by atoms with van der Waals surface area (Å²) in [5.74, 6) is 0. The third-order valence-corrected chi connectivity index (χ3v) is 3.52. The van der Waals surface area contributed by atoms with Crippen LogP contribution in [-0.4, -0.2) is 32.8 Å². The molecule has 0 rings (SSSR count). The van der Waals surface area contributed by atoms with Gasteiger partial charge in [0.1, 0.15) is 0 Å². The summed E-state index contributed by atoms with van der Waals surface area (Å²) in [6.45, 7) is 4.86. The van der Waals surface area contributed by atoms with Gasteiger partial charge in [0.05, 0.1) is 13.2 Å². The van der Waals surface area contributed by atoms with Crippen molar-refractivity contribution in [2.45, 2.75) is 65.2 Å². The van der Waals surface area contributed by atoms with Crippen LogP contribution >= 0.6 is 15.6 Å². The zero-order chi connectivity index (χ0) is 17.5. The van der Waals surface area contributed by atoms with Gasteiger partial charge in [0, 0.05) is 0 Å². The summed E-state index contributed by atoms with van der Waals surface area (Å²) in [5.41, 5.74) is 0. The van der Waals surface area contributed by atoms with Gasteiger partial charge >= 0.3 is 15.6 Å². The van der Waals surface area contributed by atoms with Crippen molar-refractivity contribution in [3.05, 3.63) is 0 Å². The molecule has 0 unspecified atom stereocenters. The van der Waals surface area contributed by atoms with Gasteiger partial charge in [-0.3, -0.25) is 9.05 Å². The average Bonchev–Trinajstić information content (AvgIpc) is 2.36. The average molecular weight is 364 g/mol. The van der Waals surface area contributed by atoms with Gasteiger partial charge in [-0.05, 0) is 12.8 Å². The molecule has 0 fully saturated rings. The second kappa shape index (κ2) is 14.8. The highest BCUT2D eigenvalue weighted by Gasteiger charge is 2.19. The van der Waals surface area contributed by atoms with Crippen LogP contribution < -0.4 is 0 Å². The minimum absolute atomic E-state index is 0.308. The lowest BCUT2D eigenvalue weighted by Gasteiger charge is -2.11. The molecule has 0 bridgehead atoms. The Balaban J connectivity index is 0. The van der Waals surface area contributed by atoms with Crippen LogP contribution in [0.1, 0.15) is 65.2 Å². The van der Waals surface area contributed by atoms with Crippen LogP contribution in [-0.2, 0) is 18.2 Å². The Labute approximate surface area is 132 Å². The van der Waals surface area contributed by atoms with Gasteiger partial charge in [-0.15, -0.1) is 0 Å². The standard InChI is InChI=1S/C12H27O4P.H3O4P/c1-3-5-7-9-11-15-17(13,14)16-12-10-8-6-4-2;1-5(2,3)4/h3-12H2,1-2H3,(H,13,14);(H3,1,2,3,4). The number of phosphoric acid groups is 2. The van der Waals surface area contributed by atoms with E-state index in [1.807, 2.05) is 0 Å². The van der Waals surface area contributed by atoms with E-state index in [0.29, 0.717) is 13.2 Å². The lowest BCUT2D eigenvalue weighted by molar-refractivity contribution is 0.145. The molecule has 0 spiro atoms. The SMILES string of the molecule is CCCCCCOP(=O)(O)OCCCCCC.O=P(O)(O)O. The van der Waals surface area contributed by atoms with Gasteiger partial charge in [0.25, 0.3) is 0 Å². The topological polar surface area (TPSA) is 134 Å². The van der Waals surface area contributed by atoms with Gasteiger partial charge in [0.15, 0.2) is 0 Å². The van der Waals surface area contributed by atoms with E-state index in [0.717, 1.165) is 51.4 Å². The van der Waals surface area contributed by atoms with Crippen molar-refractivity contribution in [2.75, 3.05) is 13.2 Å². The lowest BCUT2D eigenvalue weighted by atomic mass is 10.2. The maximum Gasteiger partial charge on any atom is 0.472 e. The summed E-state index contributed by atoms with van der Waals surface area (Å²) in [5, 5.41) is 0. The van der Waals surface area contributed by atoms with Crippen LogP contribution in [0.5, 0.6) is 0 Å². The third-order valence-electron chi connectivity index (χ3n) is 2.50. The summed E-state index contributed by atoms with van der Waals surface area (Å²) in [7, 11) is -8.43. The fraction of sp³-hybridized carbons (Fsp3) is 1.00. The molecule has 0 aromatic heterocycles. The lowest BCUT2D eigenvalue weighted by Crippen LogP contribution is -1.99. The molecular weight excluding hydrogens is 334 g/mol. The first-order valence-electron chi connectivity index (χ1n) is 7.52. The normalized spacial score (nSPS) is 11.9. The highest BCUT2D eigenvalue weighted by atomic mass is 31.2. The minimum atomic E-state index is -4.64. The molecule has 22 heavy (non-hydrogen) atoms. The highest BCUT2D eigenvalue weighted by Crippen LogP contribution is 2.43. The first kappa shape index (κ1) is 24.5. The quantitative estimate of drug-likeness (QED) is 0.306. The zero-order valence-corrected chi connectivity index (χ0v) is 15.2. The Morgan fingerprint density at radius 3 is 1.27 bits per heavy atom. The Hall–Kier alpha value is 0.220. The molecule has 0 aliphatic rings. The summed E-state index contributed by atoms with van der Waals surface area (Å²) in [4.78, 5) is 30.9. The maximum atomic E-state index is 11.4. The van der Waals surface area contributed by atoms with Crippen molar-refractivity contribution >= 4 is 15.6 Å². The molecule has 0 aromatic carbocycles. The number of hydrogen-bond acceptors (Lipinski definition) is 4. The van der Waals surface area contributed by atoms with Crippen LogP contribution in [0.3, 0.4) is 0 Å². The molecule has 0 radical (unpaired) electrons. The predicted octanol–water partition coefficient (Wildman–Crippen LogP) is 3.35. The minimum Gasteiger partial charge on any atom is -0.303 e. The molecular formula is C12H30O8P2. The molecule has 0 aromatic rings. The summed E-state index contributed by atoms with van der Waals surface area (Å²) in [6.07, 6.45) is 8.26. The van der Waals surface area contributed by atoms with Gasteiger partial charge < -0.3 is 19.6 Å². The van der Waals surface area contributed by atoms with Crippen LogP contribution in [0.2, 0.25) is 0 Å². The third kappa shape index (κ3) is 28.4. The smallest absolute Gasteiger partial charge is 0.303 e. The van der Waals surface area contributed by atoms with Gasteiger partial charge in [-0.2, -0.15) is 0 Å². The molecule has 0 aliphatic heterocycles. The first-order chi connectivity index (χ1) is 10.1. The molecule has 0 aliphatic carbocycles. The molecule has 0 atom stereocenters. The van der Waals surface area contributed by atoms with Gasteiger partial charge in [-0.25, -0.2) is 9.13 Å². The molecule has 8 nitrogen and oxygen atoms in total. The van der Waals surface area contributed by atoms with Crippen LogP contribution in [0.25, 0.3) is 0 Å². The highest BCUT2D eigenvalue weighted by molar-refractivity contribution is 7.47. The fourth-order valence-corrected chi connectivity index (χ4v) is 2.25.